The largest absolute Gasteiger partial charge is 0.477 e. The summed E-state index contributed by atoms with van der Waals surface area (Å²) in [6, 6.07) is 1.37. The average Bonchev–Trinajstić information content (AvgIpc) is 2.60. The Bertz CT molecular complexity index is 580. The highest BCUT2D eigenvalue weighted by molar-refractivity contribution is 7.91. The van der Waals surface area contributed by atoms with Crippen LogP contribution in [0.25, 0.3) is 0 Å². The molecule has 1 aromatic heterocycles. The number of hydrogen-bond acceptors (Lipinski definition) is 4. The van der Waals surface area contributed by atoms with Gasteiger partial charge in [-0.25, -0.2) is 17.9 Å². The fourth-order valence-electron chi connectivity index (χ4n) is 1.22. The number of sulfonamides is 1. The molecule has 0 aromatic carbocycles. The molecule has 18 heavy (non-hydrogen) atoms. The van der Waals surface area contributed by atoms with Gasteiger partial charge in [-0.2, -0.15) is 0 Å². The van der Waals surface area contributed by atoms with E-state index in [2.05, 4.69) is 4.72 Å². The molecule has 5 nitrogen and oxygen atoms in total. The van der Waals surface area contributed by atoms with Gasteiger partial charge in [0.15, 0.2) is 0 Å². The van der Waals surface area contributed by atoms with Crippen molar-refractivity contribution in [2.45, 2.75) is 25.0 Å². The normalized spacial score (nSPS) is 11.3. The van der Waals surface area contributed by atoms with Crippen molar-refractivity contribution in [3.05, 3.63) is 28.2 Å². The van der Waals surface area contributed by atoms with Crippen LogP contribution in [0, 0.1) is 6.92 Å². The standard InChI is InChI=1S/C11H15NO4S2/c1-7(2)4-5-12-18(15,16)9-6-8(3)10(17-9)11(13)14/h4,6,12H,5H2,1-3H3,(H,13,14). The van der Waals surface area contributed by atoms with Crippen molar-refractivity contribution in [2.24, 2.45) is 0 Å². The van der Waals surface area contributed by atoms with Crippen LogP contribution in [0.3, 0.4) is 0 Å². The quantitative estimate of drug-likeness (QED) is 0.812. The lowest BCUT2D eigenvalue weighted by molar-refractivity contribution is 0.0701. The van der Waals surface area contributed by atoms with E-state index >= 15 is 0 Å². The van der Waals surface area contributed by atoms with E-state index in [0.29, 0.717) is 5.56 Å². The molecule has 0 aliphatic carbocycles. The molecule has 100 valence electrons. The molecule has 2 N–H and O–H groups in total. The number of nitrogens with one attached hydrogen (secondary N) is 1. The first-order valence-corrected chi connectivity index (χ1v) is 7.51. The monoisotopic (exact) mass is 289 g/mol. The zero-order valence-corrected chi connectivity index (χ0v) is 12.0. The van der Waals surface area contributed by atoms with Gasteiger partial charge in [-0.05, 0) is 32.4 Å². The maximum Gasteiger partial charge on any atom is 0.346 e. The van der Waals surface area contributed by atoms with E-state index in [9.17, 15) is 13.2 Å². The molecule has 0 atom stereocenters. The molecule has 0 unspecified atom stereocenters. The zero-order valence-electron chi connectivity index (χ0n) is 10.4. The molecule has 0 fully saturated rings. The number of carboxylic acid groups (broad SMARTS) is 1. The molecule has 1 rings (SSSR count). The van der Waals surface area contributed by atoms with Crippen molar-refractivity contribution in [2.75, 3.05) is 6.54 Å². The summed E-state index contributed by atoms with van der Waals surface area (Å²) >= 11 is 0.763. The highest BCUT2D eigenvalue weighted by Gasteiger charge is 2.20. The van der Waals surface area contributed by atoms with Crippen LogP contribution in [0.1, 0.15) is 29.1 Å². The van der Waals surface area contributed by atoms with E-state index in [1.807, 2.05) is 13.8 Å². The van der Waals surface area contributed by atoms with Crippen LogP contribution in [0.4, 0.5) is 0 Å². The number of carbonyl (C=O) groups is 1. The fourth-order valence-corrected chi connectivity index (χ4v) is 3.61. The minimum absolute atomic E-state index is 0.0274. The lowest BCUT2D eigenvalue weighted by Gasteiger charge is -2.01. The lowest BCUT2D eigenvalue weighted by Crippen LogP contribution is -2.23. The highest BCUT2D eigenvalue weighted by atomic mass is 32.2. The van der Waals surface area contributed by atoms with Crippen LogP contribution in [0.15, 0.2) is 21.9 Å². The van der Waals surface area contributed by atoms with Gasteiger partial charge < -0.3 is 5.11 Å². The molecule has 1 aromatic rings. The average molecular weight is 289 g/mol. The number of thiophene rings is 1. The third kappa shape index (κ3) is 3.66. The summed E-state index contributed by atoms with van der Waals surface area (Å²) in [6.45, 7) is 5.51. The Morgan fingerprint density at radius 1 is 1.50 bits per heavy atom. The highest BCUT2D eigenvalue weighted by Crippen LogP contribution is 2.25. The maximum absolute atomic E-state index is 11.9. The Kier molecular flexibility index (Phi) is 4.66. The van der Waals surface area contributed by atoms with Gasteiger partial charge in [0.2, 0.25) is 10.0 Å². The maximum atomic E-state index is 11.9. The van der Waals surface area contributed by atoms with E-state index < -0.39 is 16.0 Å². The van der Waals surface area contributed by atoms with E-state index in [0.717, 1.165) is 16.9 Å². The summed E-state index contributed by atoms with van der Waals surface area (Å²) < 4.78 is 26.2. The molecule has 0 bridgehead atoms. The van der Waals surface area contributed by atoms with Gasteiger partial charge in [0, 0.05) is 6.54 Å². The molecule has 0 saturated carbocycles. The number of rotatable bonds is 5. The molecule has 0 amide bonds. The minimum atomic E-state index is -3.63. The van der Waals surface area contributed by atoms with E-state index in [4.69, 9.17) is 5.11 Å². The van der Waals surface area contributed by atoms with E-state index in [1.165, 1.54) is 6.07 Å². The first kappa shape index (κ1) is 14.9. The van der Waals surface area contributed by atoms with Crippen molar-refractivity contribution < 1.29 is 18.3 Å². The number of hydrogen-bond donors (Lipinski definition) is 2. The van der Waals surface area contributed by atoms with Crippen LogP contribution < -0.4 is 4.72 Å². The Morgan fingerprint density at radius 3 is 2.56 bits per heavy atom. The van der Waals surface area contributed by atoms with Gasteiger partial charge in [-0.3, -0.25) is 0 Å². The van der Waals surface area contributed by atoms with Crippen molar-refractivity contribution in [1.29, 1.82) is 0 Å². The van der Waals surface area contributed by atoms with Gasteiger partial charge >= 0.3 is 5.97 Å². The molecule has 0 radical (unpaired) electrons. The predicted molar refractivity (Wildman–Crippen MR) is 70.6 cm³/mol. The predicted octanol–water partition coefficient (Wildman–Crippen LogP) is 2.00. The van der Waals surface area contributed by atoms with Crippen LogP contribution in [-0.4, -0.2) is 26.0 Å². The zero-order chi connectivity index (χ0) is 13.9. The molecule has 0 aliphatic rings. The Morgan fingerprint density at radius 2 is 2.11 bits per heavy atom. The molecular formula is C11H15NO4S2. The Balaban J connectivity index is 2.96. The summed E-state index contributed by atoms with van der Waals surface area (Å²) in [6.07, 6.45) is 1.75. The van der Waals surface area contributed by atoms with Crippen molar-refractivity contribution in [3.8, 4) is 0 Å². The van der Waals surface area contributed by atoms with E-state index in [-0.39, 0.29) is 15.6 Å². The molecule has 1 heterocycles. The molecule has 0 aliphatic heterocycles. The molecule has 0 spiro atoms. The van der Waals surface area contributed by atoms with Gasteiger partial charge in [-0.15, -0.1) is 11.3 Å². The fraction of sp³-hybridized carbons (Fsp3) is 0.364. The summed E-state index contributed by atoms with van der Waals surface area (Å²) in [4.78, 5) is 10.9. The van der Waals surface area contributed by atoms with Gasteiger partial charge in [-0.1, -0.05) is 11.6 Å². The molecule has 0 saturated heterocycles. The van der Waals surface area contributed by atoms with Crippen molar-refractivity contribution in [3.63, 3.8) is 0 Å². The second-order valence-electron chi connectivity index (χ2n) is 4.02. The summed E-state index contributed by atoms with van der Waals surface area (Å²) in [5, 5.41) is 8.88. The van der Waals surface area contributed by atoms with Crippen LogP contribution >= 0.6 is 11.3 Å². The van der Waals surface area contributed by atoms with E-state index in [1.54, 1.807) is 13.0 Å². The number of aromatic carboxylic acids is 1. The summed E-state index contributed by atoms with van der Waals surface area (Å²) in [5.74, 6) is -1.11. The Hall–Kier alpha value is -1.18. The minimum Gasteiger partial charge on any atom is -0.477 e. The smallest absolute Gasteiger partial charge is 0.346 e. The second kappa shape index (κ2) is 5.64. The van der Waals surface area contributed by atoms with Crippen molar-refractivity contribution in [1.82, 2.24) is 4.72 Å². The number of allylic oxidation sites excluding steroid dienone is 1. The molecule has 7 heteroatoms. The first-order valence-electron chi connectivity index (χ1n) is 5.21. The second-order valence-corrected chi connectivity index (χ2v) is 7.06. The molecular weight excluding hydrogens is 274 g/mol. The third-order valence-electron chi connectivity index (χ3n) is 2.14. The summed E-state index contributed by atoms with van der Waals surface area (Å²) in [5.41, 5.74) is 1.46. The number of carboxylic acids is 1. The summed E-state index contributed by atoms with van der Waals surface area (Å²) in [7, 11) is -3.63. The van der Waals surface area contributed by atoms with Crippen LogP contribution in [0.2, 0.25) is 0 Å². The van der Waals surface area contributed by atoms with Crippen LogP contribution in [0.5, 0.6) is 0 Å². The van der Waals surface area contributed by atoms with Gasteiger partial charge in [0.05, 0.1) is 0 Å². The van der Waals surface area contributed by atoms with Gasteiger partial charge in [0.1, 0.15) is 9.09 Å². The van der Waals surface area contributed by atoms with Crippen LogP contribution in [-0.2, 0) is 10.0 Å². The third-order valence-corrected chi connectivity index (χ3v) is 5.26. The lowest BCUT2D eigenvalue weighted by atomic mass is 10.3. The van der Waals surface area contributed by atoms with Crippen molar-refractivity contribution >= 4 is 27.3 Å². The topological polar surface area (TPSA) is 83.5 Å². The number of aryl methyl sites for hydroxylation is 1. The first-order chi connectivity index (χ1) is 8.24. The Labute approximate surface area is 110 Å². The van der Waals surface area contributed by atoms with Gasteiger partial charge in [0.25, 0.3) is 0 Å². The SMILES string of the molecule is CC(C)=CCNS(=O)(=O)c1cc(C)c(C(=O)O)s1.